The molecule has 64 heavy (non-hydrogen) atoms. The van der Waals surface area contributed by atoms with Crippen molar-refractivity contribution in [2.75, 3.05) is 0 Å². The molecular formula is C48H56N4O8P4. The number of nitrogens with zero attached hydrogens (tertiary/aromatic N) is 4. The van der Waals surface area contributed by atoms with E-state index in [-0.39, 0.29) is 0 Å². The first-order valence-corrected chi connectivity index (χ1v) is 27.1. The van der Waals surface area contributed by atoms with Crippen molar-refractivity contribution >= 4 is 30.6 Å². The van der Waals surface area contributed by atoms with Crippen molar-refractivity contribution in [3.05, 3.63) is 179 Å². The van der Waals surface area contributed by atoms with Crippen LogP contribution in [0.25, 0.3) is 0 Å². The Balaban J connectivity index is 1.70. The van der Waals surface area contributed by atoms with Crippen molar-refractivity contribution in [3.8, 4) is 34.5 Å². The third-order valence-electron chi connectivity index (χ3n) is 9.07. The van der Waals surface area contributed by atoms with Gasteiger partial charge in [0.2, 0.25) is 0 Å². The largest absolute Gasteiger partial charge is 0.460 e. The lowest BCUT2D eigenvalue weighted by molar-refractivity contribution is 0.169. The van der Waals surface area contributed by atoms with Crippen LogP contribution in [0.2, 0.25) is 0 Å². The highest BCUT2D eigenvalue weighted by atomic mass is 31.3. The Morgan fingerprint density at radius 3 is 0.594 bits per heavy atom. The van der Waals surface area contributed by atoms with Gasteiger partial charge in [0.25, 0.3) is 0 Å². The number of rotatable bonds is 16. The lowest BCUT2D eigenvalue weighted by Crippen LogP contribution is -2.12. The van der Waals surface area contributed by atoms with Gasteiger partial charge in [-0.25, -0.2) is 0 Å². The molecule has 0 aliphatic carbocycles. The van der Waals surface area contributed by atoms with E-state index in [1.807, 2.05) is 215 Å². The first-order valence-electron chi connectivity index (χ1n) is 21.0. The molecule has 1 aliphatic rings. The second-order valence-corrected chi connectivity index (χ2v) is 24.4. The first-order chi connectivity index (χ1) is 30.5. The molecule has 0 saturated carbocycles. The summed E-state index contributed by atoms with van der Waals surface area (Å²) in [7, 11) is -16.9. The van der Waals surface area contributed by atoms with Gasteiger partial charge in [-0.1, -0.05) is 115 Å². The number of hydrogen-bond donors (Lipinski definition) is 0. The molecule has 6 aromatic rings. The van der Waals surface area contributed by atoms with E-state index in [0.29, 0.717) is 34.5 Å². The zero-order valence-corrected chi connectivity index (χ0v) is 41.4. The quantitative estimate of drug-likeness (QED) is 0.0879. The summed E-state index contributed by atoms with van der Waals surface area (Å²) < 4.78 is 78.5. The third-order valence-corrected chi connectivity index (χ3v) is 20.4. The molecular weight excluding hydrogens is 884 g/mol. The van der Waals surface area contributed by atoms with E-state index in [0.717, 1.165) is 33.4 Å². The van der Waals surface area contributed by atoms with Gasteiger partial charge in [-0.15, -0.1) is 9.03 Å². The van der Waals surface area contributed by atoms with E-state index in [1.54, 1.807) is 0 Å². The van der Waals surface area contributed by atoms with Gasteiger partial charge in [-0.05, 0) is 142 Å². The maximum atomic E-state index is 7.14. The molecule has 0 bridgehead atoms. The number of benzene rings is 6. The van der Waals surface area contributed by atoms with Gasteiger partial charge in [0.1, 0.15) is 34.5 Å². The van der Waals surface area contributed by atoms with Crippen molar-refractivity contribution in [1.82, 2.24) is 0 Å². The summed E-state index contributed by atoms with van der Waals surface area (Å²) in [6.07, 6.45) is -0.986. The molecule has 0 aromatic heterocycles. The van der Waals surface area contributed by atoms with E-state index in [4.69, 9.17) is 54.3 Å². The van der Waals surface area contributed by atoms with Crippen LogP contribution in [0.5, 0.6) is 34.5 Å². The molecule has 7 rings (SSSR count). The molecule has 336 valence electrons. The molecule has 0 fully saturated rings. The van der Waals surface area contributed by atoms with Crippen LogP contribution >= 0.6 is 30.6 Å². The molecule has 0 saturated heterocycles. The predicted octanol–water partition coefficient (Wildman–Crippen LogP) is 17.0. The fraction of sp³-hybridized carbons (Fsp3) is 0.250. The third kappa shape index (κ3) is 12.6. The number of aryl methyl sites for hydroxylation is 6. The average Bonchev–Trinajstić information content (AvgIpc) is 3.22. The standard InChI is InChI=1S/C48H56N4O8P4/c1-35(2)53-61(54-36(3)4)49-62(55-43-23-11-37(5)12-24-43,56-44-25-13-38(6)14-26-44)51-64(59-47-31-19-41(9)20-32-47,60-48-33-21-42(10)22-34-48)52-63(50-61,57-45-27-15-39(7)16-28-45)58-46-29-17-40(8)18-30-46/h11-36H,1-10H3. The molecule has 16 heteroatoms. The van der Waals surface area contributed by atoms with E-state index in [1.165, 1.54) is 0 Å². The highest BCUT2D eigenvalue weighted by Crippen LogP contribution is 2.80. The summed E-state index contributed by atoms with van der Waals surface area (Å²) >= 11 is 0. The molecule has 0 atom stereocenters. The normalized spacial score (nSPS) is 15.8. The Bertz CT molecular complexity index is 2500. The summed E-state index contributed by atoms with van der Waals surface area (Å²) in [6, 6.07) is 45.2. The van der Waals surface area contributed by atoms with Gasteiger partial charge >= 0.3 is 30.6 Å². The molecule has 0 amide bonds. The van der Waals surface area contributed by atoms with Crippen molar-refractivity contribution in [3.63, 3.8) is 0 Å². The Morgan fingerprint density at radius 1 is 0.266 bits per heavy atom. The Morgan fingerprint density at radius 2 is 0.422 bits per heavy atom. The van der Waals surface area contributed by atoms with E-state index < -0.39 is 42.8 Å². The zero-order chi connectivity index (χ0) is 45.5. The minimum absolute atomic E-state index is 0.393. The monoisotopic (exact) mass is 940 g/mol. The van der Waals surface area contributed by atoms with Gasteiger partial charge in [-0.3, -0.25) is 0 Å². The van der Waals surface area contributed by atoms with Gasteiger partial charge in [0.05, 0.1) is 12.2 Å². The average molecular weight is 941 g/mol. The minimum atomic E-state index is -4.32. The van der Waals surface area contributed by atoms with Crippen LogP contribution in [-0.4, -0.2) is 12.2 Å². The second-order valence-electron chi connectivity index (χ2n) is 16.1. The van der Waals surface area contributed by atoms with Crippen molar-refractivity contribution < 1.29 is 36.2 Å². The molecule has 0 spiro atoms. The van der Waals surface area contributed by atoms with Crippen LogP contribution in [0.1, 0.15) is 61.1 Å². The highest BCUT2D eigenvalue weighted by molar-refractivity contribution is 7.79. The molecule has 12 nitrogen and oxygen atoms in total. The zero-order valence-electron chi connectivity index (χ0n) is 37.9. The van der Waals surface area contributed by atoms with E-state index >= 15 is 0 Å². The van der Waals surface area contributed by atoms with Gasteiger partial charge in [0.15, 0.2) is 0 Å². The summed E-state index contributed by atoms with van der Waals surface area (Å²) in [5.74, 6) is 2.41. The summed E-state index contributed by atoms with van der Waals surface area (Å²) in [5, 5.41) is 0. The lowest BCUT2D eigenvalue weighted by atomic mass is 10.2. The smallest absolute Gasteiger partial charge is 0.413 e. The summed E-state index contributed by atoms with van der Waals surface area (Å²) in [6.45, 7) is 19.5. The number of hydrogen-bond acceptors (Lipinski definition) is 12. The lowest BCUT2D eigenvalue weighted by Gasteiger charge is -2.34. The maximum Gasteiger partial charge on any atom is 0.460 e. The van der Waals surface area contributed by atoms with Crippen LogP contribution in [-0.2, 0) is 9.05 Å². The predicted molar refractivity (Wildman–Crippen MR) is 261 cm³/mol. The maximum absolute atomic E-state index is 7.14. The van der Waals surface area contributed by atoms with Gasteiger partial charge in [0, 0.05) is 0 Å². The molecule has 1 heterocycles. The van der Waals surface area contributed by atoms with Crippen LogP contribution in [0.4, 0.5) is 0 Å². The summed E-state index contributed by atoms with van der Waals surface area (Å²) in [5.41, 5.74) is 6.11. The molecule has 0 N–H and O–H groups in total. The Kier molecular flexibility index (Phi) is 14.7. The van der Waals surface area contributed by atoms with Gasteiger partial charge in [-0.2, -0.15) is 0 Å². The second kappa shape index (κ2) is 20.0. The van der Waals surface area contributed by atoms with Crippen molar-refractivity contribution in [1.29, 1.82) is 0 Å². The molecule has 6 aromatic carbocycles. The first kappa shape index (κ1) is 46.9. The SMILES string of the molecule is Cc1ccc(OP2(Oc3ccc(C)cc3)=NP(Oc3ccc(C)cc3)(Oc3ccc(C)cc3)=NP(OC(C)C)(OC(C)C)=NP(Oc3ccc(C)cc3)(Oc3ccc(C)cc3)=N2)cc1. The molecule has 1 aliphatic heterocycles. The van der Waals surface area contributed by atoms with Crippen LogP contribution in [0.15, 0.2) is 164 Å². The van der Waals surface area contributed by atoms with E-state index in [2.05, 4.69) is 0 Å². The summed E-state index contributed by atoms with van der Waals surface area (Å²) in [4.78, 5) is 0. The fourth-order valence-electron chi connectivity index (χ4n) is 5.99. The minimum Gasteiger partial charge on any atom is -0.413 e. The van der Waals surface area contributed by atoms with Crippen molar-refractivity contribution in [2.24, 2.45) is 18.1 Å². The Labute approximate surface area is 378 Å². The topological polar surface area (TPSA) is 123 Å². The Hall–Kier alpha value is -5.04. The van der Waals surface area contributed by atoms with Crippen molar-refractivity contribution in [2.45, 2.75) is 81.4 Å². The van der Waals surface area contributed by atoms with Crippen LogP contribution in [0.3, 0.4) is 0 Å². The molecule has 0 unspecified atom stereocenters. The van der Waals surface area contributed by atoms with E-state index in [9.17, 15) is 0 Å². The van der Waals surface area contributed by atoms with Crippen LogP contribution in [0, 0.1) is 41.5 Å². The molecule has 0 radical (unpaired) electrons. The fourth-order valence-corrected chi connectivity index (χ4v) is 18.5. The van der Waals surface area contributed by atoms with Gasteiger partial charge < -0.3 is 36.2 Å². The van der Waals surface area contributed by atoms with Crippen LogP contribution < -0.4 is 27.1 Å². The highest BCUT2D eigenvalue weighted by Gasteiger charge is 2.48.